The Morgan fingerprint density at radius 2 is 2.17 bits per heavy atom. The SMILES string of the molecule is Cc1c(Cl)cccc1Nc1cnnc(N(C)C2CCS(=O)(=O)C2)n1. The van der Waals surface area contributed by atoms with Gasteiger partial charge in [-0.2, -0.15) is 10.1 Å². The van der Waals surface area contributed by atoms with Crippen LogP contribution in [0.1, 0.15) is 12.0 Å². The van der Waals surface area contributed by atoms with E-state index in [4.69, 9.17) is 11.6 Å². The molecule has 1 aliphatic rings. The smallest absolute Gasteiger partial charge is 0.247 e. The maximum absolute atomic E-state index is 11.6. The van der Waals surface area contributed by atoms with E-state index in [2.05, 4.69) is 20.5 Å². The topological polar surface area (TPSA) is 88.1 Å². The first-order chi connectivity index (χ1) is 11.4. The lowest BCUT2D eigenvalue weighted by Gasteiger charge is -2.23. The van der Waals surface area contributed by atoms with Gasteiger partial charge in [0.25, 0.3) is 0 Å². The van der Waals surface area contributed by atoms with Gasteiger partial charge in [0.15, 0.2) is 15.7 Å². The van der Waals surface area contributed by atoms with Crippen LogP contribution in [0.4, 0.5) is 17.5 Å². The van der Waals surface area contributed by atoms with Gasteiger partial charge in [-0.15, -0.1) is 5.10 Å². The summed E-state index contributed by atoms with van der Waals surface area (Å²) in [5.74, 6) is 1.24. The molecule has 128 valence electrons. The number of aromatic nitrogens is 3. The molecule has 1 unspecified atom stereocenters. The summed E-state index contributed by atoms with van der Waals surface area (Å²) < 4.78 is 23.3. The number of sulfone groups is 1. The van der Waals surface area contributed by atoms with Gasteiger partial charge in [0.2, 0.25) is 5.95 Å². The Labute approximate surface area is 146 Å². The van der Waals surface area contributed by atoms with Crippen LogP contribution >= 0.6 is 11.6 Å². The highest BCUT2D eigenvalue weighted by Crippen LogP contribution is 2.26. The number of nitrogens with one attached hydrogen (secondary N) is 1. The molecule has 2 heterocycles. The van der Waals surface area contributed by atoms with Gasteiger partial charge in [-0.05, 0) is 31.0 Å². The third kappa shape index (κ3) is 3.59. The molecule has 1 aliphatic heterocycles. The average Bonchev–Trinajstić information content (AvgIpc) is 2.91. The van der Waals surface area contributed by atoms with Crippen LogP contribution in [0.3, 0.4) is 0 Å². The first kappa shape index (κ1) is 16.9. The van der Waals surface area contributed by atoms with Gasteiger partial charge in [-0.3, -0.25) is 0 Å². The summed E-state index contributed by atoms with van der Waals surface area (Å²) in [6, 6.07) is 5.44. The number of benzene rings is 1. The Balaban J connectivity index is 1.80. The minimum atomic E-state index is -2.97. The third-order valence-electron chi connectivity index (χ3n) is 4.15. The molecular formula is C15H18ClN5O2S. The molecule has 1 N–H and O–H groups in total. The van der Waals surface area contributed by atoms with E-state index in [0.29, 0.717) is 23.2 Å². The van der Waals surface area contributed by atoms with Gasteiger partial charge in [-0.25, -0.2) is 8.42 Å². The summed E-state index contributed by atoms with van der Waals surface area (Å²) in [7, 11) is -1.18. The monoisotopic (exact) mass is 367 g/mol. The van der Waals surface area contributed by atoms with Crippen molar-refractivity contribution in [2.45, 2.75) is 19.4 Å². The summed E-state index contributed by atoms with van der Waals surface area (Å²) in [5, 5.41) is 11.8. The van der Waals surface area contributed by atoms with E-state index in [-0.39, 0.29) is 17.5 Å². The molecule has 0 bridgehead atoms. The second-order valence-corrected chi connectivity index (χ2v) is 8.48. The molecule has 0 spiro atoms. The van der Waals surface area contributed by atoms with Crippen molar-refractivity contribution in [3.8, 4) is 0 Å². The molecule has 7 nitrogen and oxygen atoms in total. The fraction of sp³-hybridized carbons (Fsp3) is 0.400. The Bertz CT molecular complexity index is 859. The van der Waals surface area contributed by atoms with E-state index in [0.717, 1.165) is 11.3 Å². The van der Waals surface area contributed by atoms with Gasteiger partial charge >= 0.3 is 0 Å². The van der Waals surface area contributed by atoms with Crippen LogP contribution in [0.2, 0.25) is 5.02 Å². The van der Waals surface area contributed by atoms with Crippen LogP contribution in [0.25, 0.3) is 0 Å². The molecule has 1 fully saturated rings. The van der Waals surface area contributed by atoms with Crippen LogP contribution in [-0.2, 0) is 9.84 Å². The first-order valence-electron chi connectivity index (χ1n) is 7.51. The number of anilines is 3. The standard InChI is InChI=1S/C15H18ClN5O2S/c1-10-12(16)4-3-5-13(10)18-14-8-17-20-15(19-14)21(2)11-6-7-24(22,23)9-11/h3-5,8,11H,6-7,9H2,1-2H3,(H,18,19,20). The van der Waals surface area contributed by atoms with Crippen LogP contribution in [-0.4, -0.2) is 48.2 Å². The molecule has 0 aliphatic carbocycles. The molecule has 2 aromatic rings. The average molecular weight is 368 g/mol. The zero-order valence-electron chi connectivity index (χ0n) is 13.4. The van der Waals surface area contributed by atoms with Crippen molar-refractivity contribution < 1.29 is 8.42 Å². The van der Waals surface area contributed by atoms with Crippen LogP contribution in [0, 0.1) is 6.92 Å². The van der Waals surface area contributed by atoms with Crippen molar-refractivity contribution in [2.75, 3.05) is 28.8 Å². The Morgan fingerprint density at radius 1 is 1.38 bits per heavy atom. The van der Waals surface area contributed by atoms with Crippen molar-refractivity contribution in [3.63, 3.8) is 0 Å². The number of hydrogen-bond donors (Lipinski definition) is 1. The lowest BCUT2D eigenvalue weighted by atomic mass is 10.2. The largest absolute Gasteiger partial charge is 0.339 e. The fourth-order valence-electron chi connectivity index (χ4n) is 2.63. The Morgan fingerprint density at radius 3 is 2.88 bits per heavy atom. The van der Waals surface area contributed by atoms with Gasteiger partial charge in [0, 0.05) is 23.8 Å². The molecule has 9 heteroatoms. The number of nitrogens with zero attached hydrogens (tertiary/aromatic N) is 4. The molecule has 24 heavy (non-hydrogen) atoms. The van der Waals surface area contributed by atoms with E-state index in [1.807, 2.05) is 25.1 Å². The summed E-state index contributed by atoms with van der Waals surface area (Å²) in [5.41, 5.74) is 1.75. The molecule has 1 aromatic carbocycles. The highest BCUT2D eigenvalue weighted by molar-refractivity contribution is 7.91. The molecule has 0 radical (unpaired) electrons. The third-order valence-corrected chi connectivity index (χ3v) is 6.31. The molecule has 3 rings (SSSR count). The molecule has 0 saturated carbocycles. The molecule has 0 amide bonds. The van der Waals surface area contributed by atoms with Gasteiger partial charge < -0.3 is 10.2 Å². The zero-order valence-corrected chi connectivity index (χ0v) is 15.0. The molecule has 1 saturated heterocycles. The summed E-state index contributed by atoms with van der Waals surface area (Å²) in [4.78, 5) is 6.21. The predicted octanol–water partition coefficient (Wildman–Crippen LogP) is 2.20. The van der Waals surface area contributed by atoms with Crippen molar-refractivity contribution in [3.05, 3.63) is 35.0 Å². The number of halogens is 1. The summed E-state index contributed by atoms with van der Waals surface area (Å²) in [6.45, 7) is 1.91. The minimum absolute atomic E-state index is 0.123. The van der Waals surface area contributed by atoms with E-state index in [1.54, 1.807) is 11.9 Å². The minimum Gasteiger partial charge on any atom is -0.339 e. The normalized spacial score (nSPS) is 19.2. The van der Waals surface area contributed by atoms with Crippen molar-refractivity contribution in [2.24, 2.45) is 0 Å². The molecular weight excluding hydrogens is 350 g/mol. The van der Waals surface area contributed by atoms with E-state index >= 15 is 0 Å². The second-order valence-electron chi connectivity index (χ2n) is 5.85. The van der Waals surface area contributed by atoms with Gasteiger partial charge in [0.05, 0.1) is 17.7 Å². The van der Waals surface area contributed by atoms with Crippen LogP contribution < -0.4 is 10.2 Å². The molecule has 1 atom stereocenters. The maximum atomic E-state index is 11.6. The van der Waals surface area contributed by atoms with Gasteiger partial charge in [-0.1, -0.05) is 17.7 Å². The number of rotatable bonds is 4. The van der Waals surface area contributed by atoms with Gasteiger partial charge in [0.1, 0.15) is 0 Å². The van der Waals surface area contributed by atoms with Crippen LogP contribution in [0.5, 0.6) is 0 Å². The lowest BCUT2D eigenvalue weighted by molar-refractivity contribution is 0.600. The Kier molecular flexibility index (Phi) is 4.60. The van der Waals surface area contributed by atoms with Crippen molar-refractivity contribution in [1.29, 1.82) is 0 Å². The van der Waals surface area contributed by atoms with Crippen LogP contribution in [0.15, 0.2) is 24.4 Å². The highest BCUT2D eigenvalue weighted by atomic mass is 35.5. The molecule has 1 aromatic heterocycles. The Hall–Kier alpha value is -1.93. The predicted molar refractivity (Wildman–Crippen MR) is 94.8 cm³/mol. The second kappa shape index (κ2) is 6.52. The quantitative estimate of drug-likeness (QED) is 0.886. The summed E-state index contributed by atoms with van der Waals surface area (Å²) in [6.07, 6.45) is 2.09. The maximum Gasteiger partial charge on any atom is 0.247 e. The van der Waals surface area contributed by atoms with E-state index in [9.17, 15) is 8.42 Å². The van der Waals surface area contributed by atoms with E-state index < -0.39 is 9.84 Å². The lowest BCUT2D eigenvalue weighted by Crippen LogP contribution is -2.34. The van der Waals surface area contributed by atoms with Crippen molar-refractivity contribution in [1.82, 2.24) is 15.2 Å². The highest BCUT2D eigenvalue weighted by Gasteiger charge is 2.32. The van der Waals surface area contributed by atoms with Crippen molar-refractivity contribution >= 4 is 38.9 Å². The van der Waals surface area contributed by atoms with E-state index in [1.165, 1.54) is 6.20 Å². The zero-order chi connectivity index (χ0) is 17.3. The first-order valence-corrected chi connectivity index (χ1v) is 9.71. The summed E-state index contributed by atoms with van der Waals surface area (Å²) >= 11 is 6.12. The fourth-order valence-corrected chi connectivity index (χ4v) is 4.58. The number of hydrogen-bond acceptors (Lipinski definition) is 7.